The fourth-order valence-corrected chi connectivity index (χ4v) is 1.12. The third kappa shape index (κ3) is 1.42. The molecule has 0 aromatic heterocycles. The topological polar surface area (TPSA) is 26.0 Å². The molecule has 54 valence electrons. The predicted octanol–water partition coefficient (Wildman–Crippen LogP) is 1.47. The Balaban J connectivity index is 2.24. The van der Waals surface area contributed by atoms with Gasteiger partial charge in [0.05, 0.1) is 0 Å². The summed E-state index contributed by atoms with van der Waals surface area (Å²) in [6.07, 6.45) is 2.35. The van der Waals surface area contributed by atoms with E-state index < -0.39 is 5.67 Å². The molecule has 0 aromatic carbocycles. The molecule has 1 aliphatic carbocycles. The minimum atomic E-state index is -0.820. The third-order valence-electron chi connectivity index (χ3n) is 2.21. The summed E-state index contributed by atoms with van der Waals surface area (Å²) in [7, 11) is 0. The molecule has 1 unspecified atom stereocenters. The maximum atomic E-state index is 13.0. The SMILES string of the molecule is CC(CCN)C1(F)CC1. The summed E-state index contributed by atoms with van der Waals surface area (Å²) in [5, 5.41) is 0. The highest BCUT2D eigenvalue weighted by molar-refractivity contribution is 4.97. The average molecular weight is 131 g/mol. The highest BCUT2D eigenvalue weighted by atomic mass is 19.1. The first-order valence-corrected chi connectivity index (χ1v) is 3.58. The standard InChI is InChI=1S/C7H14FN/c1-6(2-5-9)7(8)3-4-7/h6H,2-5,9H2,1H3. The van der Waals surface area contributed by atoms with Gasteiger partial charge in [0.25, 0.3) is 0 Å². The monoisotopic (exact) mass is 131 g/mol. The Morgan fingerprint density at radius 1 is 1.67 bits per heavy atom. The Morgan fingerprint density at radius 2 is 2.22 bits per heavy atom. The first-order chi connectivity index (χ1) is 4.19. The van der Waals surface area contributed by atoms with Crippen molar-refractivity contribution in [2.45, 2.75) is 31.9 Å². The molecular weight excluding hydrogens is 117 g/mol. The molecule has 1 saturated carbocycles. The van der Waals surface area contributed by atoms with Crippen LogP contribution in [0.25, 0.3) is 0 Å². The Hall–Kier alpha value is -0.110. The lowest BCUT2D eigenvalue weighted by Crippen LogP contribution is -2.17. The van der Waals surface area contributed by atoms with Crippen LogP contribution in [0.3, 0.4) is 0 Å². The summed E-state index contributed by atoms with van der Waals surface area (Å²) in [6.45, 7) is 2.56. The van der Waals surface area contributed by atoms with Crippen molar-refractivity contribution in [3.8, 4) is 0 Å². The van der Waals surface area contributed by atoms with Gasteiger partial charge in [-0.2, -0.15) is 0 Å². The zero-order chi connectivity index (χ0) is 6.91. The van der Waals surface area contributed by atoms with Crippen molar-refractivity contribution >= 4 is 0 Å². The van der Waals surface area contributed by atoms with Gasteiger partial charge in [-0.1, -0.05) is 6.92 Å². The Kier molecular flexibility index (Phi) is 1.75. The van der Waals surface area contributed by atoms with Crippen LogP contribution in [-0.2, 0) is 0 Å². The number of rotatable bonds is 3. The average Bonchev–Trinajstić information content (AvgIpc) is 2.50. The molecule has 0 radical (unpaired) electrons. The number of hydrogen-bond donors (Lipinski definition) is 1. The van der Waals surface area contributed by atoms with Crippen molar-refractivity contribution in [2.75, 3.05) is 6.54 Å². The van der Waals surface area contributed by atoms with Gasteiger partial charge in [-0.3, -0.25) is 0 Å². The summed E-state index contributed by atoms with van der Waals surface area (Å²) in [5.74, 6) is 0.183. The quantitative estimate of drug-likeness (QED) is 0.616. The first kappa shape index (κ1) is 7.00. The third-order valence-corrected chi connectivity index (χ3v) is 2.21. The van der Waals surface area contributed by atoms with Gasteiger partial charge in [0.1, 0.15) is 5.67 Å². The Bertz CT molecular complexity index is 99.1. The molecule has 1 nitrogen and oxygen atoms in total. The van der Waals surface area contributed by atoms with Crippen molar-refractivity contribution in [1.29, 1.82) is 0 Å². The summed E-state index contributed by atoms with van der Waals surface area (Å²) in [5.41, 5.74) is 4.47. The van der Waals surface area contributed by atoms with Crippen LogP contribution < -0.4 is 5.73 Å². The van der Waals surface area contributed by atoms with Crippen LogP contribution in [0.1, 0.15) is 26.2 Å². The Labute approximate surface area is 55.4 Å². The van der Waals surface area contributed by atoms with Crippen LogP contribution in [0, 0.1) is 5.92 Å². The van der Waals surface area contributed by atoms with Crippen molar-refractivity contribution in [1.82, 2.24) is 0 Å². The van der Waals surface area contributed by atoms with Crippen molar-refractivity contribution in [3.63, 3.8) is 0 Å². The molecule has 0 heterocycles. The van der Waals surface area contributed by atoms with E-state index in [9.17, 15) is 4.39 Å². The zero-order valence-corrected chi connectivity index (χ0v) is 5.86. The molecule has 2 N–H and O–H groups in total. The lowest BCUT2D eigenvalue weighted by atomic mass is 10.0. The molecule has 1 fully saturated rings. The van der Waals surface area contributed by atoms with Gasteiger partial charge >= 0.3 is 0 Å². The summed E-state index contributed by atoms with van der Waals surface area (Å²) in [6, 6.07) is 0. The van der Waals surface area contributed by atoms with E-state index in [1.807, 2.05) is 6.92 Å². The van der Waals surface area contributed by atoms with Crippen LogP contribution in [0.4, 0.5) is 4.39 Å². The summed E-state index contributed by atoms with van der Waals surface area (Å²) in [4.78, 5) is 0. The lowest BCUT2D eigenvalue weighted by molar-refractivity contribution is 0.208. The maximum absolute atomic E-state index is 13.0. The molecule has 0 spiro atoms. The molecule has 0 amide bonds. The van der Waals surface area contributed by atoms with Crippen LogP contribution in [0.5, 0.6) is 0 Å². The van der Waals surface area contributed by atoms with Crippen LogP contribution in [-0.4, -0.2) is 12.2 Å². The normalized spacial score (nSPS) is 25.7. The van der Waals surface area contributed by atoms with Gasteiger partial charge in [-0.05, 0) is 31.7 Å². The van der Waals surface area contributed by atoms with E-state index in [1.54, 1.807) is 0 Å². The number of nitrogens with two attached hydrogens (primary N) is 1. The van der Waals surface area contributed by atoms with Gasteiger partial charge in [0, 0.05) is 0 Å². The summed E-state index contributed by atoms with van der Waals surface area (Å²) < 4.78 is 13.0. The number of hydrogen-bond acceptors (Lipinski definition) is 1. The molecule has 0 saturated heterocycles. The second kappa shape index (κ2) is 2.25. The van der Waals surface area contributed by atoms with Gasteiger partial charge in [0.2, 0.25) is 0 Å². The molecular formula is C7H14FN. The van der Waals surface area contributed by atoms with Crippen LogP contribution in [0.15, 0.2) is 0 Å². The van der Waals surface area contributed by atoms with Crippen LogP contribution >= 0.6 is 0 Å². The van der Waals surface area contributed by atoms with E-state index in [0.717, 1.165) is 19.3 Å². The molecule has 0 aromatic rings. The van der Waals surface area contributed by atoms with E-state index >= 15 is 0 Å². The molecule has 1 atom stereocenters. The largest absolute Gasteiger partial charge is 0.330 e. The van der Waals surface area contributed by atoms with Gasteiger partial charge in [-0.25, -0.2) is 4.39 Å². The predicted molar refractivity (Wildman–Crippen MR) is 35.9 cm³/mol. The maximum Gasteiger partial charge on any atom is 0.113 e. The van der Waals surface area contributed by atoms with Crippen molar-refractivity contribution in [2.24, 2.45) is 11.7 Å². The van der Waals surface area contributed by atoms with E-state index in [0.29, 0.717) is 6.54 Å². The lowest BCUT2D eigenvalue weighted by Gasteiger charge is -2.12. The molecule has 9 heavy (non-hydrogen) atoms. The van der Waals surface area contributed by atoms with E-state index in [4.69, 9.17) is 5.73 Å². The van der Waals surface area contributed by atoms with E-state index in [1.165, 1.54) is 0 Å². The Morgan fingerprint density at radius 3 is 2.56 bits per heavy atom. The van der Waals surface area contributed by atoms with Gasteiger partial charge in [0.15, 0.2) is 0 Å². The van der Waals surface area contributed by atoms with Crippen molar-refractivity contribution in [3.05, 3.63) is 0 Å². The van der Waals surface area contributed by atoms with Crippen molar-refractivity contribution < 1.29 is 4.39 Å². The fourth-order valence-electron chi connectivity index (χ4n) is 1.12. The molecule has 0 bridgehead atoms. The second-order valence-electron chi connectivity index (χ2n) is 3.01. The van der Waals surface area contributed by atoms with Gasteiger partial charge < -0.3 is 5.73 Å². The highest BCUT2D eigenvalue weighted by Gasteiger charge is 2.47. The van der Waals surface area contributed by atoms with Gasteiger partial charge in [-0.15, -0.1) is 0 Å². The number of alkyl halides is 1. The van der Waals surface area contributed by atoms with E-state index in [2.05, 4.69) is 0 Å². The highest BCUT2D eigenvalue weighted by Crippen LogP contribution is 2.47. The minimum Gasteiger partial charge on any atom is -0.330 e. The first-order valence-electron chi connectivity index (χ1n) is 3.58. The molecule has 1 rings (SSSR count). The summed E-state index contributed by atoms with van der Waals surface area (Å²) >= 11 is 0. The zero-order valence-electron chi connectivity index (χ0n) is 5.86. The van der Waals surface area contributed by atoms with Crippen LogP contribution in [0.2, 0.25) is 0 Å². The number of halogens is 1. The van der Waals surface area contributed by atoms with E-state index in [-0.39, 0.29) is 5.92 Å². The second-order valence-corrected chi connectivity index (χ2v) is 3.01. The minimum absolute atomic E-state index is 0.183. The smallest absolute Gasteiger partial charge is 0.113 e. The molecule has 2 heteroatoms. The fraction of sp³-hybridized carbons (Fsp3) is 1.00. The molecule has 1 aliphatic rings. The molecule has 0 aliphatic heterocycles.